The topological polar surface area (TPSA) is 49.8 Å². The molecule has 0 aromatic heterocycles. The molecule has 4 nitrogen and oxygen atoms in total. The molecule has 0 aliphatic heterocycles. The molecule has 116 valence electrons. The zero-order valence-electron chi connectivity index (χ0n) is 13.3. The Morgan fingerprint density at radius 2 is 2.14 bits per heavy atom. The third-order valence-corrected chi connectivity index (χ3v) is 3.18. The first-order valence-electron chi connectivity index (χ1n) is 7.26. The molecule has 1 aromatic carbocycles. The number of rotatable bonds is 8. The average Bonchev–Trinajstić information content (AvgIpc) is 2.44. The molecule has 0 fully saturated rings. The van der Waals surface area contributed by atoms with Crippen LogP contribution in [-0.2, 0) is 11.3 Å². The van der Waals surface area contributed by atoms with E-state index < -0.39 is 5.97 Å². The minimum absolute atomic E-state index is 0.620. The smallest absolute Gasteiger partial charge is 0.328 e. The van der Waals surface area contributed by atoms with E-state index in [1.54, 1.807) is 13.2 Å². The Hall–Kier alpha value is -1.81. The summed E-state index contributed by atoms with van der Waals surface area (Å²) in [6, 6.07) is 5.90. The molecule has 1 aromatic rings. The monoisotopic (exact) mass is 291 g/mol. The number of benzene rings is 1. The molecule has 0 aliphatic rings. The van der Waals surface area contributed by atoms with Crippen LogP contribution in [-0.4, -0.2) is 36.2 Å². The lowest BCUT2D eigenvalue weighted by molar-refractivity contribution is -0.131. The van der Waals surface area contributed by atoms with Gasteiger partial charge in [-0.2, -0.15) is 0 Å². The van der Waals surface area contributed by atoms with Crippen molar-refractivity contribution in [2.45, 2.75) is 27.3 Å². The van der Waals surface area contributed by atoms with E-state index in [9.17, 15) is 4.79 Å². The van der Waals surface area contributed by atoms with Crippen LogP contribution in [0.25, 0.3) is 6.08 Å². The Balaban J connectivity index is 2.93. The van der Waals surface area contributed by atoms with Gasteiger partial charge < -0.3 is 9.84 Å². The number of hydrogen-bond acceptors (Lipinski definition) is 3. The van der Waals surface area contributed by atoms with Gasteiger partial charge in [-0.1, -0.05) is 26.8 Å². The summed E-state index contributed by atoms with van der Waals surface area (Å²) < 4.78 is 5.27. The maximum Gasteiger partial charge on any atom is 0.328 e. The van der Waals surface area contributed by atoms with Crippen molar-refractivity contribution >= 4 is 12.0 Å². The first-order chi connectivity index (χ1) is 9.96. The van der Waals surface area contributed by atoms with Crippen LogP contribution in [0, 0.1) is 5.92 Å². The van der Waals surface area contributed by atoms with Crippen LogP contribution in [0.1, 0.15) is 31.9 Å². The molecule has 1 rings (SSSR count). The van der Waals surface area contributed by atoms with E-state index in [4.69, 9.17) is 9.84 Å². The van der Waals surface area contributed by atoms with Gasteiger partial charge in [-0.3, -0.25) is 4.90 Å². The van der Waals surface area contributed by atoms with E-state index in [2.05, 4.69) is 25.7 Å². The molecular weight excluding hydrogens is 266 g/mol. The molecule has 0 radical (unpaired) electrons. The van der Waals surface area contributed by atoms with Crippen molar-refractivity contribution in [3.8, 4) is 5.75 Å². The minimum atomic E-state index is -0.961. The number of nitrogens with zero attached hydrogens (tertiary/aromatic N) is 1. The van der Waals surface area contributed by atoms with Crippen LogP contribution >= 0.6 is 0 Å². The Morgan fingerprint density at radius 3 is 2.67 bits per heavy atom. The Kier molecular flexibility index (Phi) is 6.96. The maximum atomic E-state index is 10.7. The first-order valence-corrected chi connectivity index (χ1v) is 7.26. The molecule has 0 amide bonds. The molecule has 0 heterocycles. The molecular formula is C17H25NO3. The highest BCUT2D eigenvalue weighted by molar-refractivity contribution is 5.85. The molecule has 4 heteroatoms. The molecule has 0 aliphatic carbocycles. The van der Waals surface area contributed by atoms with Gasteiger partial charge in [0.05, 0.1) is 7.11 Å². The second-order valence-electron chi connectivity index (χ2n) is 5.47. The number of carbonyl (C=O) groups is 1. The van der Waals surface area contributed by atoms with Crippen molar-refractivity contribution in [3.05, 3.63) is 35.4 Å². The van der Waals surface area contributed by atoms with E-state index in [-0.39, 0.29) is 0 Å². The van der Waals surface area contributed by atoms with Crippen molar-refractivity contribution in [1.82, 2.24) is 4.90 Å². The van der Waals surface area contributed by atoms with Gasteiger partial charge in [0.25, 0.3) is 0 Å². The average molecular weight is 291 g/mol. The summed E-state index contributed by atoms with van der Waals surface area (Å²) in [7, 11) is 1.59. The Bertz CT molecular complexity index is 495. The van der Waals surface area contributed by atoms with Crippen molar-refractivity contribution in [2.75, 3.05) is 20.2 Å². The number of aliphatic carboxylic acids is 1. The van der Waals surface area contributed by atoms with E-state index in [1.165, 1.54) is 0 Å². The maximum absolute atomic E-state index is 10.7. The van der Waals surface area contributed by atoms with E-state index in [0.717, 1.165) is 36.8 Å². The summed E-state index contributed by atoms with van der Waals surface area (Å²) in [5, 5.41) is 8.75. The fourth-order valence-electron chi connectivity index (χ4n) is 2.25. The minimum Gasteiger partial charge on any atom is -0.496 e. The molecule has 21 heavy (non-hydrogen) atoms. The van der Waals surface area contributed by atoms with Gasteiger partial charge in [0.1, 0.15) is 5.75 Å². The normalized spacial score (nSPS) is 11.5. The van der Waals surface area contributed by atoms with E-state index in [1.807, 2.05) is 18.2 Å². The number of ether oxygens (including phenoxy) is 1. The van der Waals surface area contributed by atoms with Crippen LogP contribution in [0.2, 0.25) is 0 Å². The fraction of sp³-hybridized carbons (Fsp3) is 0.471. The SMILES string of the molecule is CCN(Cc1ccc(OC)c(C=CC(=O)O)c1)CC(C)C. The molecule has 0 atom stereocenters. The van der Waals surface area contributed by atoms with Crippen LogP contribution in [0.3, 0.4) is 0 Å². The van der Waals surface area contributed by atoms with E-state index >= 15 is 0 Å². The van der Waals surface area contributed by atoms with Crippen molar-refractivity contribution < 1.29 is 14.6 Å². The lowest BCUT2D eigenvalue weighted by atomic mass is 10.1. The lowest BCUT2D eigenvalue weighted by Gasteiger charge is -2.23. The van der Waals surface area contributed by atoms with Crippen LogP contribution in [0.5, 0.6) is 5.75 Å². The summed E-state index contributed by atoms with van der Waals surface area (Å²) in [5.41, 5.74) is 1.95. The number of hydrogen-bond donors (Lipinski definition) is 1. The lowest BCUT2D eigenvalue weighted by Crippen LogP contribution is -2.27. The molecule has 0 saturated heterocycles. The summed E-state index contributed by atoms with van der Waals surface area (Å²) in [4.78, 5) is 13.0. The van der Waals surface area contributed by atoms with E-state index in [0.29, 0.717) is 11.7 Å². The third-order valence-electron chi connectivity index (χ3n) is 3.18. The molecule has 0 unspecified atom stereocenters. The van der Waals surface area contributed by atoms with Gasteiger partial charge in [0.15, 0.2) is 0 Å². The highest BCUT2D eigenvalue weighted by atomic mass is 16.5. The molecule has 0 bridgehead atoms. The molecule has 0 saturated carbocycles. The quantitative estimate of drug-likeness (QED) is 0.747. The largest absolute Gasteiger partial charge is 0.496 e. The Labute approximate surface area is 127 Å². The van der Waals surface area contributed by atoms with Crippen molar-refractivity contribution in [1.29, 1.82) is 0 Å². The van der Waals surface area contributed by atoms with Gasteiger partial charge in [-0.25, -0.2) is 4.79 Å². The predicted octanol–water partition coefficient (Wildman–Crippen LogP) is 3.27. The fourth-order valence-corrected chi connectivity index (χ4v) is 2.25. The van der Waals surface area contributed by atoms with Crippen molar-refractivity contribution in [2.24, 2.45) is 5.92 Å². The summed E-state index contributed by atoms with van der Waals surface area (Å²) in [6.45, 7) is 9.45. The summed E-state index contributed by atoms with van der Waals surface area (Å²) >= 11 is 0. The van der Waals surface area contributed by atoms with Crippen LogP contribution in [0.4, 0.5) is 0 Å². The zero-order chi connectivity index (χ0) is 15.8. The highest BCUT2D eigenvalue weighted by Crippen LogP contribution is 2.22. The first kappa shape index (κ1) is 17.2. The number of carboxylic acid groups (broad SMARTS) is 1. The second kappa shape index (κ2) is 8.47. The highest BCUT2D eigenvalue weighted by Gasteiger charge is 2.08. The van der Waals surface area contributed by atoms with Gasteiger partial charge in [-0.15, -0.1) is 0 Å². The third kappa shape index (κ3) is 6.00. The summed E-state index contributed by atoms with van der Waals surface area (Å²) in [5.74, 6) is 0.343. The Morgan fingerprint density at radius 1 is 1.43 bits per heavy atom. The van der Waals surface area contributed by atoms with Gasteiger partial charge in [-0.05, 0) is 36.2 Å². The van der Waals surface area contributed by atoms with Gasteiger partial charge in [0.2, 0.25) is 0 Å². The van der Waals surface area contributed by atoms with Gasteiger partial charge >= 0.3 is 5.97 Å². The van der Waals surface area contributed by atoms with Crippen LogP contribution < -0.4 is 4.74 Å². The second-order valence-corrected chi connectivity index (χ2v) is 5.47. The molecule has 1 N–H and O–H groups in total. The summed E-state index contributed by atoms with van der Waals surface area (Å²) in [6.07, 6.45) is 2.71. The number of methoxy groups -OCH3 is 1. The number of carboxylic acids is 1. The molecule has 0 spiro atoms. The predicted molar refractivity (Wildman–Crippen MR) is 85.5 cm³/mol. The van der Waals surface area contributed by atoms with Crippen LogP contribution in [0.15, 0.2) is 24.3 Å². The zero-order valence-corrected chi connectivity index (χ0v) is 13.3. The standard InChI is InChI=1S/C17H25NO3/c1-5-18(11-13(2)3)12-14-6-8-16(21-4)15(10-14)7-9-17(19)20/h6-10,13H,5,11-12H2,1-4H3,(H,19,20). The van der Waals surface area contributed by atoms with Gasteiger partial charge in [0, 0.05) is 24.7 Å². The van der Waals surface area contributed by atoms with Crippen molar-refractivity contribution in [3.63, 3.8) is 0 Å².